The Labute approximate surface area is 155 Å². The smallest absolute Gasteiger partial charge is 0.491 e. The molecule has 6 nitrogen and oxygen atoms in total. The predicted octanol–water partition coefficient (Wildman–Crippen LogP) is 2.56. The molecule has 26 heavy (non-hydrogen) atoms. The zero-order valence-corrected chi connectivity index (χ0v) is 16.4. The summed E-state index contributed by atoms with van der Waals surface area (Å²) in [5.74, 6) is -0.332. The Morgan fingerprint density at radius 3 is 2.38 bits per heavy atom. The van der Waals surface area contributed by atoms with E-state index < -0.39 is 24.3 Å². The molecule has 2 rings (SSSR count). The van der Waals surface area contributed by atoms with Gasteiger partial charge in [-0.15, -0.1) is 0 Å². The highest BCUT2D eigenvalue weighted by atomic mass is 16.7. The van der Waals surface area contributed by atoms with Crippen LogP contribution in [0.1, 0.15) is 38.8 Å². The minimum absolute atomic E-state index is 0.0945. The van der Waals surface area contributed by atoms with E-state index in [1.165, 1.54) is 7.11 Å². The third-order valence-corrected chi connectivity index (χ3v) is 4.94. The van der Waals surface area contributed by atoms with Gasteiger partial charge in [-0.3, -0.25) is 4.79 Å². The molecule has 1 fully saturated rings. The van der Waals surface area contributed by atoms with Crippen LogP contribution in [0.2, 0.25) is 0 Å². The first-order valence-electron chi connectivity index (χ1n) is 8.69. The van der Waals surface area contributed by atoms with Crippen LogP contribution in [0.15, 0.2) is 23.7 Å². The topological polar surface area (TPSA) is 77.0 Å². The molecule has 0 atom stereocenters. The molecule has 1 aliphatic rings. The van der Waals surface area contributed by atoms with Crippen molar-refractivity contribution in [2.45, 2.75) is 45.3 Å². The second kappa shape index (κ2) is 7.82. The molecule has 0 radical (unpaired) electrons. The summed E-state index contributed by atoms with van der Waals surface area (Å²) in [6.07, 6.45) is 1.88. The molecule has 0 aliphatic carbocycles. The molecule has 1 aliphatic heterocycles. The summed E-state index contributed by atoms with van der Waals surface area (Å²) in [5.41, 5.74) is 1.61. The molecule has 0 aromatic heterocycles. The maximum Gasteiger partial charge on any atom is 0.491 e. The first-order chi connectivity index (χ1) is 12.1. The van der Waals surface area contributed by atoms with Gasteiger partial charge in [0.1, 0.15) is 5.75 Å². The Morgan fingerprint density at radius 1 is 1.27 bits per heavy atom. The summed E-state index contributed by atoms with van der Waals surface area (Å²) in [4.78, 5) is 11.1. The minimum atomic E-state index is -0.897. The second-order valence-corrected chi connectivity index (χ2v) is 7.48. The van der Waals surface area contributed by atoms with Crippen molar-refractivity contribution < 1.29 is 23.9 Å². The molecule has 1 heterocycles. The molecular formula is C19H28BNO5. The van der Waals surface area contributed by atoms with Crippen molar-refractivity contribution in [3.05, 3.63) is 34.8 Å². The summed E-state index contributed by atoms with van der Waals surface area (Å²) < 4.78 is 17.5. The second-order valence-electron chi connectivity index (χ2n) is 7.48. The average molecular weight is 361 g/mol. The van der Waals surface area contributed by atoms with E-state index in [0.29, 0.717) is 17.9 Å². The summed E-state index contributed by atoms with van der Waals surface area (Å²) in [6.45, 7) is 8.66. The van der Waals surface area contributed by atoms with Crippen molar-refractivity contribution in [2.24, 2.45) is 0 Å². The van der Waals surface area contributed by atoms with Crippen molar-refractivity contribution in [2.75, 3.05) is 20.7 Å². The van der Waals surface area contributed by atoms with Gasteiger partial charge in [0.25, 0.3) is 0 Å². The molecule has 0 bridgehead atoms. The summed E-state index contributed by atoms with van der Waals surface area (Å²) in [7, 11) is 2.94. The van der Waals surface area contributed by atoms with E-state index in [2.05, 4.69) is 5.32 Å². The predicted molar refractivity (Wildman–Crippen MR) is 102 cm³/mol. The lowest BCUT2D eigenvalue weighted by Gasteiger charge is -2.32. The van der Waals surface area contributed by atoms with Gasteiger partial charge in [0.2, 0.25) is 0 Å². The van der Waals surface area contributed by atoms with Gasteiger partial charge < -0.3 is 24.5 Å². The fourth-order valence-electron chi connectivity index (χ4n) is 2.80. The number of hydrogen-bond acceptors (Lipinski definition) is 5. The highest BCUT2D eigenvalue weighted by Gasteiger charge is 2.52. The van der Waals surface area contributed by atoms with E-state index in [0.717, 1.165) is 11.0 Å². The molecule has 0 saturated carbocycles. The van der Waals surface area contributed by atoms with E-state index >= 15 is 0 Å². The number of aliphatic carboxylic acids is 1. The Bertz CT molecular complexity index is 683. The maximum atomic E-state index is 11.1. The van der Waals surface area contributed by atoms with Gasteiger partial charge in [-0.1, -0.05) is 12.1 Å². The number of carbonyl (C=O) groups is 1. The molecule has 0 amide bonds. The number of likely N-dealkylation sites (N-methyl/N-ethyl adjacent to an activating group) is 1. The van der Waals surface area contributed by atoms with E-state index in [9.17, 15) is 4.79 Å². The lowest BCUT2D eigenvalue weighted by Crippen LogP contribution is -2.41. The number of nitrogens with one attached hydrogen (secondary N) is 1. The van der Waals surface area contributed by atoms with Crippen LogP contribution in [-0.4, -0.2) is 50.1 Å². The zero-order valence-electron chi connectivity index (χ0n) is 16.4. The number of benzene rings is 1. The van der Waals surface area contributed by atoms with E-state index in [-0.39, 0.29) is 6.42 Å². The normalized spacial score (nSPS) is 18.8. The summed E-state index contributed by atoms with van der Waals surface area (Å²) >= 11 is 0. The van der Waals surface area contributed by atoms with Crippen LogP contribution in [0, 0.1) is 0 Å². The van der Waals surface area contributed by atoms with Gasteiger partial charge in [0, 0.05) is 12.1 Å². The highest BCUT2D eigenvalue weighted by Crippen LogP contribution is 2.38. The van der Waals surface area contributed by atoms with Crippen LogP contribution in [-0.2, 0) is 20.5 Å². The average Bonchev–Trinajstić information content (AvgIpc) is 2.75. The molecule has 0 unspecified atom stereocenters. The maximum absolute atomic E-state index is 11.1. The molecule has 1 saturated heterocycles. The summed E-state index contributed by atoms with van der Waals surface area (Å²) in [5, 5.41) is 12.3. The monoisotopic (exact) mass is 361 g/mol. The molecule has 2 N–H and O–H groups in total. The van der Waals surface area contributed by atoms with Crippen LogP contribution in [0.25, 0.3) is 6.08 Å². The molecule has 0 spiro atoms. The molecule has 142 valence electrons. The fourth-order valence-corrected chi connectivity index (χ4v) is 2.80. The standard InChI is InChI=1S/C19H28BNO5/c1-18(2)19(3,4)26-20(25-18)15(12-21-5)10-13-7-8-16(24-6)14(9-13)11-17(22)23/h7-10,21H,11-12H2,1-6H3,(H,22,23). The number of carboxylic acids is 1. The van der Waals surface area contributed by atoms with Crippen molar-refractivity contribution in [3.63, 3.8) is 0 Å². The first kappa shape index (κ1) is 20.5. The Kier molecular flexibility index (Phi) is 6.16. The SMILES string of the molecule is CNCC(=Cc1ccc(OC)c(CC(=O)O)c1)B1OC(C)(C)C(C)(C)O1. The number of rotatable bonds is 7. The Morgan fingerprint density at radius 2 is 1.88 bits per heavy atom. The Balaban J connectivity index is 2.36. The third-order valence-electron chi connectivity index (χ3n) is 4.94. The number of ether oxygens (including phenoxy) is 1. The lowest BCUT2D eigenvalue weighted by atomic mass is 9.77. The van der Waals surface area contributed by atoms with Gasteiger partial charge in [0.05, 0.1) is 24.7 Å². The molecule has 7 heteroatoms. The number of hydrogen-bond donors (Lipinski definition) is 2. The van der Waals surface area contributed by atoms with Gasteiger partial charge in [-0.25, -0.2) is 0 Å². The fraction of sp³-hybridized carbons (Fsp3) is 0.526. The minimum Gasteiger partial charge on any atom is -0.496 e. The largest absolute Gasteiger partial charge is 0.496 e. The van der Waals surface area contributed by atoms with E-state index in [1.807, 2.05) is 53.0 Å². The van der Waals surface area contributed by atoms with Crippen LogP contribution < -0.4 is 10.1 Å². The lowest BCUT2D eigenvalue weighted by molar-refractivity contribution is -0.136. The number of carboxylic acid groups (broad SMARTS) is 1. The van der Waals surface area contributed by atoms with Crippen molar-refractivity contribution in [1.29, 1.82) is 0 Å². The van der Waals surface area contributed by atoms with Crippen LogP contribution in [0.4, 0.5) is 0 Å². The van der Waals surface area contributed by atoms with Crippen LogP contribution in [0.3, 0.4) is 0 Å². The van der Waals surface area contributed by atoms with Crippen molar-refractivity contribution in [3.8, 4) is 5.75 Å². The van der Waals surface area contributed by atoms with Gasteiger partial charge in [-0.05, 0) is 57.9 Å². The van der Waals surface area contributed by atoms with Crippen LogP contribution in [0.5, 0.6) is 5.75 Å². The summed E-state index contributed by atoms with van der Waals surface area (Å²) in [6, 6.07) is 5.50. The van der Waals surface area contributed by atoms with Gasteiger partial charge in [0.15, 0.2) is 0 Å². The molecular weight excluding hydrogens is 333 g/mol. The third kappa shape index (κ3) is 4.47. The van der Waals surface area contributed by atoms with E-state index in [1.54, 1.807) is 6.07 Å². The number of methoxy groups -OCH3 is 1. The molecule has 1 aromatic rings. The first-order valence-corrected chi connectivity index (χ1v) is 8.69. The van der Waals surface area contributed by atoms with Crippen molar-refractivity contribution in [1.82, 2.24) is 5.32 Å². The zero-order chi connectivity index (χ0) is 19.5. The van der Waals surface area contributed by atoms with Crippen molar-refractivity contribution >= 4 is 19.2 Å². The van der Waals surface area contributed by atoms with Crippen LogP contribution >= 0.6 is 0 Å². The Hall–Kier alpha value is -1.83. The van der Waals surface area contributed by atoms with E-state index in [4.69, 9.17) is 19.2 Å². The quantitative estimate of drug-likeness (QED) is 0.727. The van der Waals surface area contributed by atoms with Gasteiger partial charge in [-0.2, -0.15) is 0 Å². The highest BCUT2D eigenvalue weighted by molar-refractivity contribution is 6.55. The molecule has 1 aromatic carbocycles. The van der Waals surface area contributed by atoms with Gasteiger partial charge >= 0.3 is 13.1 Å².